The molecule has 0 bridgehead atoms. The van der Waals surface area contributed by atoms with Gasteiger partial charge in [-0.1, -0.05) is 46.7 Å². The quantitative estimate of drug-likeness (QED) is 0.779. The van der Waals surface area contributed by atoms with Gasteiger partial charge in [-0.15, -0.1) is 0 Å². The van der Waals surface area contributed by atoms with Gasteiger partial charge in [0.25, 0.3) is 0 Å². The Labute approximate surface area is 140 Å². The number of carboxylic acids is 1. The van der Waals surface area contributed by atoms with E-state index in [4.69, 9.17) is 23.2 Å². The third-order valence-corrected chi connectivity index (χ3v) is 4.55. The normalized spacial score (nSPS) is 10.8. The van der Waals surface area contributed by atoms with Crippen LogP contribution in [-0.4, -0.2) is 11.0 Å². The van der Waals surface area contributed by atoms with Crippen molar-refractivity contribution in [3.8, 4) is 0 Å². The number of carbonyl (C=O) groups excluding carboxylic acids is 1. The summed E-state index contributed by atoms with van der Waals surface area (Å²) in [5.74, 6) is -1.14. The molecule has 22 heavy (non-hydrogen) atoms. The summed E-state index contributed by atoms with van der Waals surface area (Å²) in [6, 6.07) is 10.6. The van der Waals surface area contributed by atoms with Crippen LogP contribution >= 0.6 is 34.5 Å². The molecule has 3 aromatic rings. The van der Waals surface area contributed by atoms with E-state index < -0.39 is 5.97 Å². The smallest absolute Gasteiger partial charge is 0.188 e. The van der Waals surface area contributed by atoms with E-state index in [1.165, 1.54) is 11.3 Å². The lowest BCUT2D eigenvalue weighted by Gasteiger charge is -2.08. The number of carboxylic acid groups (broad SMARTS) is 1. The minimum Gasteiger partial charge on any atom is -0.550 e. The second-order valence-corrected chi connectivity index (χ2v) is 6.44. The number of benzene rings is 2. The molecule has 0 unspecified atom stereocenters. The Balaban J connectivity index is 1.88. The van der Waals surface area contributed by atoms with Crippen molar-refractivity contribution in [3.63, 3.8) is 0 Å². The highest BCUT2D eigenvalue weighted by Crippen LogP contribution is 2.34. The first-order valence-corrected chi connectivity index (χ1v) is 7.90. The van der Waals surface area contributed by atoms with E-state index in [2.05, 4.69) is 10.3 Å². The average molecular weight is 352 g/mol. The molecule has 0 saturated heterocycles. The van der Waals surface area contributed by atoms with Crippen LogP contribution in [0.25, 0.3) is 10.2 Å². The van der Waals surface area contributed by atoms with E-state index in [0.717, 1.165) is 10.2 Å². The first-order chi connectivity index (χ1) is 10.5. The molecule has 3 rings (SSSR count). The Morgan fingerprint density at radius 2 is 2.05 bits per heavy atom. The second-order valence-electron chi connectivity index (χ2n) is 4.59. The van der Waals surface area contributed by atoms with Gasteiger partial charge in [-0.2, -0.15) is 0 Å². The van der Waals surface area contributed by atoms with Crippen molar-refractivity contribution < 1.29 is 9.90 Å². The number of nitrogens with zero attached hydrogens (tertiary/aromatic N) is 1. The van der Waals surface area contributed by atoms with Crippen molar-refractivity contribution in [3.05, 3.63) is 52.0 Å². The Morgan fingerprint density at radius 1 is 1.23 bits per heavy atom. The molecule has 4 nitrogen and oxygen atoms in total. The predicted molar refractivity (Wildman–Crippen MR) is 88.1 cm³/mol. The number of thiazole rings is 1. The van der Waals surface area contributed by atoms with Gasteiger partial charge in [-0.25, -0.2) is 4.98 Å². The van der Waals surface area contributed by atoms with Gasteiger partial charge in [0.05, 0.1) is 20.4 Å². The van der Waals surface area contributed by atoms with E-state index in [1.54, 1.807) is 24.3 Å². The molecule has 0 radical (unpaired) electrons. The number of hydrogen-bond acceptors (Lipinski definition) is 5. The number of anilines is 2. The molecule has 0 fully saturated rings. The highest BCUT2D eigenvalue weighted by molar-refractivity contribution is 7.22. The zero-order chi connectivity index (χ0) is 15.7. The lowest BCUT2D eigenvalue weighted by atomic mass is 10.1. The number of carbonyl (C=O) groups is 1. The van der Waals surface area contributed by atoms with Crippen LogP contribution in [0.4, 0.5) is 10.8 Å². The van der Waals surface area contributed by atoms with Crippen LogP contribution in [0.3, 0.4) is 0 Å². The Bertz CT molecular complexity index is 864. The van der Waals surface area contributed by atoms with Crippen molar-refractivity contribution in [2.45, 2.75) is 6.42 Å². The molecule has 0 spiro atoms. The topological polar surface area (TPSA) is 65.0 Å². The molecular formula is C15H9Cl2N2O2S-. The molecule has 1 heterocycles. The van der Waals surface area contributed by atoms with Gasteiger partial charge in [0.2, 0.25) is 0 Å². The van der Waals surface area contributed by atoms with Crippen LogP contribution in [-0.2, 0) is 11.2 Å². The third-order valence-electron chi connectivity index (χ3n) is 2.99. The zero-order valence-electron chi connectivity index (χ0n) is 11.1. The van der Waals surface area contributed by atoms with Crippen molar-refractivity contribution in [2.24, 2.45) is 0 Å². The molecule has 0 amide bonds. The molecular weight excluding hydrogens is 343 g/mol. The van der Waals surface area contributed by atoms with Crippen molar-refractivity contribution in [1.82, 2.24) is 4.98 Å². The molecule has 0 aliphatic rings. The molecule has 7 heteroatoms. The summed E-state index contributed by atoms with van der Waals surface area (Å²) in [4.78, 5) is 15.0. The van der Waals surface area contributed by atoms with Crippen molar-refractivity contribution in [1.29, 1.82) is 0 Å². The Hall–Kier alpha value is -1.82. The van der Waals surface area contributed by atoms with E-state index >= 15 is 0 Å². The Morgan fingerprint density at radius 3 is 2.73 bits per heavy atom. The highest BCUT2D eigenvalue weighted by Gasteiger charge is 2.09. The van der Waals surface area contributed by atoms with E-state index in [-0.39, 0.29) is 6.42 Å². The zero-order valence-corrected chi connectivity index (χ0v) is 13.4. The summed E-state index contributed by atoms with van der Waals surface area (Å²) in [7, 11) is 0. The molecule has 0 atom stereocenters. The molecule has 1 N–H and O–H groups in total. The van der Waals surface area contributed by atoms with Crippen LogP contribution < -0.4 is 10.4 Å². The number of hydrogen-bond donors (Lipinski definition) is 1. The monoisotopic (exact) mass is 351 g/mol. The average Bonchev–Trinajstić information content (AvgIpc) is 2.85. The number of nitrogens with one attached hydrogen (secondary N) is 1. The molecule has 0 aliphatic carbocycles. The van der Waals surface area contributed by atoms with Gasteiger partial charge in [0, 0.05) is 12.4 Å². The highest BCUT2D eigenvalue weighted by atomic mass is 35.5. The van der Waals surface area contributed by atoms with Gasteiger partial charge < -0.3 is 15.2 Å². The number of aliphatic carboxylic acids is 1. The number of rotatable bonds is 4. The number of para-hydroxylation sites is 1. The standard InChI is InChI=1S/C15H10Cl2N2O2S/c16-9-2-1-3-12-14(9)19-15(22-12)18-11-5-4-8(6-10(11)17)7-13(20)21/h1-6H,7H2,(H,18,19)(H,20,21)/p-1. The van der Waals surface area contributed by atoms with E-state index in [0.29, 0.717) is 26.4 Å². The largest absolute Gasteiger partial charge is 0.550 e. The van der Waals surface area contributed by atoms with Crippen LogP contribution in [0.1, 0.15) is 5.56 Å². The van der Waals surface area contributed by atoms with Crippen LogP contribution in [0, 0.1) is 0 Å². The minimum atomic E-state index is -1.14. The maximum absolute atomic E-state index is 10.6. The fraction of sp³-hybridized carbons (Fsp3) is 0.0667. The molecule has 2 aromatic carbocycles. The lowest BCUT2D eigenvalue weighted by molar-refractivity contribution is -0.304. The maximum atomic E-state index is 10.6. The summed E-state index contributed by atoms with van der Waals surface area (Å²) in [5, 5.41) is 15.4. The van der Waals surface area contributed by atoms with E-state index in [1.807, 2.05) is 12.1 Å². The number of fused-ring (bicyclic) bond motifs is 1. The van der Waals surface area contributed by atoms with Crippen LogP contribution in [0.5, 0.6) is 0 Å². The van der Waals surface area contributed by atoms with Crippen LogP contribution in [0.2, 0.25) is 10.0 Å². The van der Waals surface area contributed by atoms with Crippen molar-refractivity contribution >= 4 is 61.5 Å². The molecule has 0 aliphatic heterocycles. The summed E-state index contributed by atoms with van der Waals surface area (Å²) < 4.78 is 0.972. The van der Waals surface area contributed by atoms with Gasteiger partial charge in [0.1, 0.15) is 5.52 Å². The van der Waals surface area contributed by atoms with E-state index in [9.17, 15) is 9.90 Å². The molecule has 0 saturated carbocycles. The SMILES string of the molecule is O=C([O-])Cc1ccc(Nc2nc3c(Cl)cccc3s2)c(Cl)c1. The maximum Gasteiger partial charge on any atom is 0.188 e. The summed E-state index contributed by atoms with van der Waals surface area (Å²) in [6.45, 7) is 0. The summed E-state index contributed by atoms with van der Waals surface area (Å²) in [5.41, 5.74) is 1.98. The van der Waals surface area contributed by atoms with Gasteiger partial charge in [-0.3, -0.25) is 0 Å². The molecule has 112 valence electrons. The number of halogens is 2. The first-order valence-electron chi connectivity index (χ1n) is 6.33. The fourth-order valence-electron chi connectivity index (χ4n) is 2.02. The molecule has 1 aromatic heterocycles. The van der Waals surface area contributed by atoms with Crippen molar-refractivity contribution in [2.75, 3.05) is 5.32 Å². The van der Waals surface area contributed by atoms with Gasteiger partial charge >= 0.3 is 0 Å². The third kappa shape index (κ3) is 3.16. The minimum absolute atomic E-state index is 0.170. The fourth-order valence-corrected chi connectivity index (χ4v) is 3.45. The van der Waals surface area contributed by atoms with Gasteiger partial charge in [0.15, 0.2) is 5.13 Å². The van der Waals surface area contributed by atoms with Gasteiger partial charge in [-0.05, 0) is 29.8 Å². The van der Waals surface area contributed by atoms with Crippen LogP contribution in [0.15, 0.2) is 36.4 Å². The second kappa shape index (κ2) is 6.12. The predicted octanol–water partition coefficient (Wildman–Crippen LogP) is 3.64. The summed E-state index contributed by atoms with van der Waals surface area (Å²) in [6.07, 6.45) is -0.170. The number of aromatic nitrogens is 1. The summed E-state index contributed by atoms with van der Waals surface area (Å²) >= 11 is 13.7. The first kappa shape index (κ1) is 15.1. The Kier molecular flexibility index (Phi) is 4.20. The lowest BCUT2D eigenvalue weighted by Crippen LogP contribution is -2.24.